The van der Waals surface area contributed by atoms with Gasteiger partial charge in [-0.1, -0.05) is 36.9 Å². The van der Waals surface area contributed by atoms with E-state index < -0.39 is 12.5 Å². The van der Waals surface area contributed by atoms with Gasteiger partial charge >= 0.3 is 0 Å². The van der Waals surface area contributed by atoms with Gasteiger partial charge in [0.2, 0.25) is 0 Å². The van der Waals surface area contributed by atoms with E-state index in [1.165, 1.54) is 10.7 Å². The Hall–Kier alpha value is -2.60. The maximum absolute atomic E-state index is 13.0. The van der Waals surface area contributed by atoms with Gasteiger partial charge in [0.05, 0.1) is 11.8 Å². The molecule has 2 heterocycles. The van der Waals surface area contributed by atoms with Crippen molar-refractivity contribution in [3.8, 4) is 5.82 Å². The molecule has 2 rings (SSSR count). The van der Waals surface area contributed by atoms with Gasteiger partial charge in [0.25, 0.3) is 6.43 Å². The standard InChI is InChI=1S/C19H21F2N3O/c1-5-7-8-14(6-2)16-10-9-15(13(4)25)19(22-16)24-12(3)11-17(23-24)18(20)21/h5-11,13,18,25H,2H2,1,3-4H3/b7-5-,14-8-/t13-/m0/s1. The Morgan fingerprint density at radius 2 is 2.08 bits per heavy atom. The summed E-state index contributed by atoms with van der Waals surface area (Å²) in [7, 11) is 0. The lowest BCUT2D eigenvalue weighted by atomic mass is 10.1. The lowest BCUT2D eigenvalue weighted by Gasteiger charge is -2.14. The molecule has 0 radical (unpaired) electrons. The molecular formula is C19H21F2N3O. The molecule has 0 aliphatic rings. The van der Waals surface area contributed by atoms with Crippen molar-refractivity contribution >= 4 is 5.57 Å². The van der Waals surface area contributed by atoms with Gasteiger partial charge in [-0.15, -0.1) is 0 Å². The van der Waals surface area contributed by atoms with Crippen molar-refractivity contribution in [2.24, 2.45) is 0 Å². The van der Waals surface area contributed by atoms with Crippen LogP contribution in [0.15, 0.2) is 49.1 Å². The summed E-state index contributed by atoms with van der Waals surface area (Å²) in [6, 6.07) is 4.79. The summed E-state index contributed by atoms with van der Waals surface area (Å²) in [4.78, 5) is 4.54. The molecule has 4 nitrogen and oxygen atoms in total. The first kappa shape index (κ1) is 18.7. The fraction of sp³-hybridized carbons (Fsp3) is 0.263. The normalized spacial score (nSPS) is 13.6. The fourth-order valence-corrected chi connectivity index (χ4v) is 2.39. The molecule has 0 spiro atoms. The molecule has 1 atom stereocenters. The molecule has 0 saturated heterocycles. The Morgan fingerprint density at radius 1 is 1.36 bits per heavy atom. The van der Waals surface area contributed by atoms with Crippen molar-refractivity contribution in [2.45, 2.75) is 33.3 Å². The lowest BCUT2D eigenvalue weighted by Crippen LogP contribution is -2.10. The zero-order valence-electron chi connectivity index (χ0n) is 14.4. The highest BCUT2D eigenvalue weighted by atomic mass is 19.3. The quantitative estimate of drug-likeness (QED) is 0.771. The van der Waals surface area contributed by atoms with E-state index in [2.05, 4.69) is 16.7 Å². The second-order valence-corrected chi connectivity index (χ2v) is 5.56. The summed E-state index contributed by atoms with van der Waals surface area (Å²) in [6.07, 6.45) is 3.75. The van der Waals surface area contributed by atoms with Crippen LogP contribution in [-0.4, -0.2) is 19.9 Å². The summed E-state index contributed by atoms with van der Waals surface area (Å²) in [5, 5.41) is 14.0. The number of hydrogen-bond donors (Lipinski definition) is 1. The summed E-state index contributed by atoms with van der Waals surface area (Å²) in [5.41, 5.74) is 2.08. The summed E-state index contributed by atoms with van der Waals surface area (Å²) in [5.74, 6) is 0.324. The van der Waals surface area contributed by atoms with Crippen LogP contribution in [0.4, 0.5) is 8.78 Å². The van der Waals surface area contributed by atoms with Crippen molar-refractivity contribution in [1.82, 2.24) is 14.8 Å². The van der Waals surface area contributed by atoms with E-state index in [-0.39, 0.29) is 5.69 Å². The van der Waals surface area contributed by atoms with E-state index in [4.69, 9.17) is 0 Å². The van der Waals surface area contributed by atoms with Crippen LogP contribution in [0.3, 0.4) is 0 Å². The number of nitrogens with zero attached hydrogens (tertiary/aromatic N) is 3. The molecule has 0 amide bonds. The van der Waals surface area contributed by atoms with Gasteiger partial charge < -0.3 is 5.11 Å². The van der Waals surface area contributed by atoms with E-state index in [9.17, 15) is 13.9 Å². The summed E-state index contributed by atoms with van der Waals surface area (Å²) in [6.45, 7) is 8.94. The van der Waals surface area contributed by atoms with Crippen LogP contribution in [0.5, 0.6) is 0 Å². The molecule has 25 heavy (non-hydrogen) atoms. The number of halogens is 2. The number of aryl methyl sites for hydroxylation is 1. The first-order chi connectivity index (χ1) is 11.9. The zero-order chi connectivity index (χ0) is 18.6. The average molecular weight is 345 g/mol. The molecular weight excluding hydrogens is 324 g/mol. The van der Waals surface area contributed by atoms with Crippen LogP contribution in [0.1, 0.15) is 49.0 Å². The number of allylic oxidation sites excluding steroid dienone is 5. The molecule has 0 aliphatic carbocycles. The minimum absolute atomic E-state index is 0.324. The smallest absolute Gasteiger partial charge is 0.282 e. The highest BCUT2D eigenvalue weighted by Crippen LogP contribution is 2.26. The average Bonchev–Trinajstić information content (AvgIpc) is 2.97. The molecule has 1 N–H and O–H groups in total. The Labute approximate surface area is 145 Å². The molecule has 132 valence electrons. The van der Waals surface area contributed by atoms with E-state index in [1.807, 2.05) is 25.2 Å². The molecule has 0 fully saturated rings. The number of aliphatic hydroxyl groups is 1. The Kier molecular flexibility index (Phi) is 5.98. The van der Waals surface area contributed by atoms with Crippen LogP contribution in [0, 0.1) is 6.92 Å². The number of rotatable bonds is 6. The van der Waals surface area contributed by atoms with Crippen LogP contribution in [0.2, 0.25) is 0 Å². The third-order valence-electron chi connectivity index (χ3n) is 3.67. The van der Waals surface area contributed by atoms with Gasteiger partial charge in [0.15, 0.2) is 5.82 Å². The third-order valence-corrected chi connectivity index (χ3v) is 3.67. The fourth-order valence-electron chi connectivity index (χ4n) is 2.39. The molecule has 0 unspecified atom stereocenters. The van der Waals surface area contributed by atoms with Gasteiger partial charge in [-0.05, 0) is 38.5 Å². The number of pyridine rings is 1. The summed E-state index contributed by atoms with van der Waals surface area (Å²) >= 11 is 0. The monoisotopic (exact) mass is 345 g/mol. The molecule has 0 bridgehead atoms. The topological polar surface area (TPSA) is 50.9 Å². The van der Waals surface area contributed by atoms with E-state index in [0.717, 1.165) is 5.57 Å². The highest BCUT2D eigenvalue weighted by molar-refractivity contribution is 5.73. The summed E-state index contributed by atoms with van der Waals surface area (Å²) < 4.78 is 27.3. The number of alkyl halides is 2. The van der Waals surface area contributed by atoms with Crippen LogP contribution in [0.25, 0.3) is 11.4 Å². The number of aromatic nitrogens is 3. The van der Waals surface area contributed by atoms with Crippen molar-refractivity contribution in [2.75, 3.05) is 0 Å². The molecule has 0 aliphatic heterocycles. The van der Waals surface area contributed by atoms with Crippen molar-refractivity contribution < 1.29 is 13.9 Å². The lowest BCUT2D eigenvalue weighted by molar-refractivity contribution is 0.145. The molecule has 0 saturated carbocycles. The van der Waals surface area contributed by atoms with Crippen molar-refractivity contribution in [1.29, 1.82) is 0 Å². The van der Waals surface area contributed by atoms with Crippen LogP contribution >= 0.6 is 0 Å². The van der Waals surface area contributed by atoms with E-state index in [1.54, 1.807) is 32.1 Å². The molecule has 6 heteroatoms. The van der Waals surface area contributed by atoms with Gasteiger partial charge in [-0.3, -0.25) is 0 Å². The number of hydrogen-bond acceptors (Lipinski definition) is 3. The largest absolute Gasteiger partial charge is 0.389 e. The predicted octanol–water partition coefficient (Wildman–Crippen LogP) is 4.71. The second-order valence-electron chi connectivity index (χ2n) is 5.56. The molecule has 0 aromatic carbocycles. The van der Waals surface area contributed by atoms with Gasteiger partial charge in [0, 0.05) is 11.3 Å². The zero-order valence-corrected chi connectivity index (χ0v) is 14.4. The van der Waals surface area contributed by atoms with Crippen LogP contribution < -0.4 is 0 Å². The minimum Gasteiger partial charge on any atom is -0.389 e. The first-order valence-corrected chi connectivity index (χ1v) is 7.89. The molecule has 2 aromatic heterocycles. The Morgan fingerprint density at radius 3 is 2.60 bits per heavy atom. The highest BCUT2D eigenvalue weighted by Gasteiger charge is 2.19. The maximum Gasteiger partial charge on any atom is 0.282 e. The first-order valence-electron chi connectivity index (χ1n) is 7.89. The number of aliphatic hydroxyl groups excluding tert-OH is 1. The maximum atomic E-state index is 13.0. The predicted molar refractivity (Wildman–Crippen MR) is 94.7 cm³/mol. The van der Waals surface area contributed by atoms with E-state index >= 15 is 0 Å². The Balaban J connectivity index is 2.66. The van der Waals surface area contributed by atoms with Crippen molar-refractivity contribution in [3.05, 3.63) is 71.7 Å². The molecule has 2 aromatic rings. The van der Waals surface area contributed by atoms with Crippen molar-refractivity contribution in [3.63, 3.8) is 0 Å². The van der Waals surface area contributed by atoms with Gasteiger partial charge in [0.1, 0.15) is 5.69 Å². The minimum atomic E-state index is -2.67. The third kappa shape index (κ3) is 4.09. The van der Waals surface area contributed by atoms with E-state index in [0.29, 0.717) is 22.8 Å². The van der Waals surface area contributed by atoms with Gasteiger partial charge in [-0.2, -0.15) is 5.10 Å². The second kappa shape index (κ2) is 7.98. The van der Waals surface area contributed by atoms with Crippen LogP contribution in [-0.2, 0) is 0 Å². The van der Waals surface area contributed by atoms with Gasteiger partial charge in [-0.25, -0.2) is 18.4 Å². The Bertz CT molecular complexity index is 820. The SMILES string of the molecule is C=C/C(=C/C=C\C)c1ccc([C@H](C)O)c(-n2nc(C(F)F)cc2C)n1.